The van der Waals surface area contributed by atoms with Crippen LogP contribution in [0, 0.1) is 11.6 Å². The molecule has 1 aromatic heterocycles. The summed E-state index contributed by atoms with van der Waals surface area (Å²) in [5.74, 6) is -1.31. The quantitative estimate of drug-likeness (QED) is 0.915. The number of hydrogen-bond donors (Lipinski definition) is 1. The Bertz CT molecular complexity index is 529. The van der Waals surface area contributed by atoms with E-state index in [1.54, 1.807) is 12.1 Å². The highest BCUT2D eigenvalue weighted by Crippen LogP contribution is 2.12. The minimum atomic E-state index is -0.689. The van der Waals surface area contributed by atoms with Crippen molar-refractivity contribution >= 4 is 17.4 Å². The van der Waals surface area contributed by atoms with Crippen LogP contribution in [0.25, 0.3) is 0 Å². The molecule has 0 aliphatic rings. The number of anilines is 1. The van der Waals surface area contributed by atoms with Gasteiger partial charge in [-0.25, -0.2) is 13.8 Å². The second-order valence-corrected chi connectivity index (χ2v) is 4.22. The second-order valence-electron chi connectivity index (χ2n) is 3.79. The van der Waals surface area contributed by atoms with E-state index in [0.29, 0.717) is 18.0 Å². The second kappa shape index (κ2) is 5.78. The van der Waals surface area contributed by atoms with Crippen molar-refractivity contribution in [3.05, 3.63) is 58.7 Å². The van der Waals surface area contributed by atoms with Crippen LogP contribution in [-0.2, 0) is 6.42 Å². The first-order chi connectivity index (χ1) is 8.65. The number of pyridine rings is 1. The van der Waals surface area contributed by atoms with Crippen molar-refractivity contribution in [1.29, 1.82) is 0 Å². The molecule has 1 heterocycles. The van der Waals surface area contributed by atoms with Gasteiger partial charge >= 0.3 is 0 Å². The lowest BCUT2D eigenvalue weighted by Gasteiger charge is -2.06. The monoisotopic (exact) mass is 268 g/mol. The third kappa shape index (κ3) is 3.40. The van der Waals surface area contributed by atoms with Crippen LogP contribution in [-0.4, -0.2) is 11.5 Å². The molecule has 0 aliphatic carbocycles. The zero-order valence-corrected chi connectivity index (χ0v) is 10.2. The number of rotatable bonds is 4. The van der Waals surface area contributed by atoms with Gasteiger partial charge < -0.3 is 5.32 Å². The van der Waals surface area contributed by atoms with Crippen molar-refractivity contribution in [3.63, 3.8) is 0 Å². The van der Waals surface area contributed by atoms with Crippen LogP contribution in [0.4, 0.5) is 14.6 Å². The summed E-state index contributed by atoms with van der Waals surface area (Å²) in [5.41, 5.74) is 1.08. The van der Waals surface area contributed by atoms with Gasteiger partial charge in [-0.2, -0.15) is 0 Å². The largest absolute Gasteiger partial charge is 0.367 e. The van der Waals surface area contributed by atoms with Crippen molar-refractivity contribution in [2.75, 3.05) is 11.9 Å². The lowest BCUT2D eigenvalue weighted by Crippen LogP contribution is -2.08. The van der Waals surface area contributed by atoms with Gasteiger partial charge in [0.2, 0.25) is 0 Å². The predicted octanol–water partition coefficient (Wildman–Crippen LogP) is 3.67. The lowest BCUT2D eigenvalue weighted by atomic mass is 10.1. The smallest absolute Gasteiger partial charge is 0.168 e. The summed E-state index contributed by atoms with van der Waals surface area (Å²) in [6, 6.07) is 8.20. The normalized spacial score (nSPS) is 10.4. The summed E-state index contributed by atoms with van der Waals surface area (Å²) >= 11 is 5.77. The molecule has 0 saturated carbocycles. The maximum atomic E-state index is 13.2. The Balaban J connectivity index is 1.90. The molecule has 0 aliphatic heterocycles. The molecule has 0 radical (unpaired) electrons. The molecule has 0 fully saturated rings. The average Bonchev–Trinajstić information content (AvgIpc) is 2.34. The molecule has 0 unspecified atom stereocenters. The molecule has 0 saturated heterocycles. The van der Waals surface area contributed by atoms with Crippen LogP contribution in [0.5, 0.6) is 0 Å². The number of hydrogen-bond acceptors (Lipinski definition) is 2. The molecule has 2 aromatic rings. The molecule has 2 nitrogen and oxygen atoms in total. The van der Waals surface area contributed by atoms with Gasteiger partial charge in [-0.3, -0.25) is 0 Å². The van der Waals surface area contributed by atoms with Gasteiger partial charge in [-0.15, -0.1) is 0 Å². The third-order valence-electron chi connectivity index (χ3n) is 2.43. The van der Waals surface area contributed by atoms with Gasteiger partial charge in [-0.05, 0) is 24.1 Å². The topological polar surface area (TPSA) is 24.9 Å². The Morgan fingerprint density at radius 3 is 2.56 bits per heavy atom. The molecule has 0 spiro atoms. The number of halogens is 3. The van der Waals surface area contributed by atoms with Gasteiger partial charge in [-0.1, -0.05) is 23.7 Å². The van der Waals surface area contributed by atoms with Gasteiger partial charge in [0.25, 0.3) is 0 Å². The van der Waals surface area contributed by atoms with Gasteiger partial charge in [0.05, 0.1) is 6.20 Å². The van der Waals surface area contributed by atoms with Crippen LogP contribution in [0.2, 0.25) is 5.02 Å². The maximum absolute atomic E-state index is 13.2. The van der Waals surface area contributed by atoms with Gasteiger partial charge in [0, 0.05) is 17.6 Å². The van der Waals surface area contributed by atoms with Gasteiger partial charge in [0.1, 0.15) is 5.82 Å². The van der Waals surface area contributed by atoms with E-state index in [1.165, 1.54) is 0 Å². The highest BCUT2D eigenvalue weighted by atomic mass is 35.5. The van der Waals surface area contributed by atoms with Crippen molar-refractivity contribution in [1.82, 2.24) is 4.98 Å². The molecule has 94 valence electrons. The summed E-state index contributed by atoms with van der Waals surface area (Å²) in [5, 5.41) is 3.50. The molecule has 1 N–H and O–H groups in total. The maximum Gasteiger partial charge on any atom is 0.168 e. The van der Waals surface area contributed by atoms with E-state index in [1.807, 2.05) is 12.1 Å². The molecule has 2 rings (SSSR count). The molecule has 0 amide bonds. The van der Waals surface area contributed by atoms with E-state index in [-0.39, 0.29) is 5.82 Å². The van der Waals surface area contributed by atoms with Crippen molar-refractivity contribution in [2.45, 2.75) is 6.42 Å². The van der Waals surface area contributed by atoms with Crippen LogP contribution >= 0.6 is 11.6 Å². The molecular weight excluding hydrogens is 258 g/mol. The first-order valence-corrected chi connectivity index (χ1v) is 5.82. The fourth-order valence-electron chi connectivity index (χ4n) is 1.52. The molecule has 0 atom stereocenters. The Morgan fingerprint density at radius 2 is 1.89 bits per heavy atom. The molecule has 0 bridgehead atoms. The first-order valence-electron chi connectivity index (χ1n) is 5.44. The summed E-state index contributed by atoms with van der Waals surface area (Å²) in [6.45, 7) is 0.511. The van der Waals surface area contributed by atoms with Gasteiger partial charge in [0.15, 0.2) is 11.6 Å². The number of benzene rings is 1. The fourth-order valence-corrected chi connectivity index (χ4v) is 1.65. The third-order valence-corrected chi connectivity index (χ3v) is 2.68. The van der Waals surface area contributed by atoms with Crippen LogP contribution in [0.1, 0.15) is 5.56 Å². The summed E-state index contributed by atoms with van der Waals surface area (Å²) in [6.07, 6.45) is 1.68. The van der Waals surface area contributed by atoms with Crippen LogP contribution in [0.3, 0.4) is 0 Å². The van der Waals surface area contributed by atoms with E-state index in [4.69, 9.17) is 11.6 Å². The van der Waals surface area contributed by atoms with E-state index >= 15 is 0 Å². The molecule has 18 heavy (non-hydrogen) atoms. The Hall–Kier alpha value is -1.68. The minimum Gasteiger partial charge on any atom is -0.367 e. The predicted molar refractivity (Wildman–Crippen MR) is 67.8 cm³/mol. The molecule has 1 aromatic carbocycles. The first kappa shape index (κ1) is 12.8. The van der Waals surface area contributed by atoms with Crippen LogP contribution in [0.15, 0.2) is 36.5 Å². The Kier molecular flexibility index (Phi) is 4.10. The zero-order valence-electron chi connectivity index (χ0n) is 9.46. The lowest BCUT2D eigenvalue weighted by molar-refractivity contribution is 0.575. The van der Waals surface area contributed by atoms with Crippen molar-refractivity contribution in [3.8, 4) is 0 Å². The average molecular weight is 269 g/mol. The van der Waals surface area contributed by atoms with Crippen LogP contribution < -0.4 is 5.32 Å². The standard InChI is InChI=1S/C13H11ClF2N2/c14-10-3-1-9(2-4-10)5-6-17-13-12(16)7-11(15)8-18-13/h1-4,7-8H,5-6H2,(H,17,18). The zero-order chi connectivity index (χ0) is 13.0. The number of nitrogens with zero attached hydrogens (tertiary/aromatic N) is 1. The van der Waals surface area contributed by atoms with Crippen molar-refractivity contribution < 1.29 is 8.78 Å². The van der Waals surface area contributed by atoms with E-state index in [2.05, 4.69) is 10.3 Å². The van der Waals surface area contributed by atoms with E-state index in [9.17, 15) is 8.78 Å². The summed E-state index contributed by atoms with van der Waals surface area (Å²) < 4.78 is 25.9. The summed E-state index contributed by atoms with van der Waals surface area (Å²) in [4.78, 5) is 3.64. The highest BCUT2D eigenvalue weighted by Gasteiger charge is 2.04. The fraction of sp³-hybridized carbons (Fsp3) is 0.154. The molecule has 5 heteroatoms. The van der Waals surface area contributed by atoms with E-state index < -0.39 is 11.6 Å². The molecular formula is C13H11ClF2N2. The highest BCUT2D eigenvalue weighted by molar-refractivity contribution is 6.30. The van der Waals surface area contributed by atoms with Crippen molar-refractivity contribution in [2.24, 2.45) is 0 Å². The summed E-state index contributed by atoms with van der Waals surface area (Å²) in [7, 11) is 0. The number of aromatic nitrogens is 1. The Morgan fingerprint density at radius 1 is 1.17 bits per heavy atom. The minimum absolute atomic E-state index is 0.0605. The van der Waals surface area contributed by atoms with E-state index in [0.717, 1.165) is 17.8 Å². The SMILES string of the molecule is Fc1cnc(NCCc2ccc(Cl)cc2)c(F)c1. The number of nitrogens with one attached hydrogen (secondary N) is 1. The Labute approximate surface area is 109 Å².